The second-order valence-corrected chi connectivity index (χ2v) is 10.2. The maximum Gasteiger partial charge on any atom is 0.254 e. The molecule has 0 saturated carbocycles. The fraction of sp³-hybridized carbons (Fsp3) is 0.536. The van der Waals surface area contributed by atoms with Crippen molar-refractivity contribution in [1.29, 1.82) is 0 Å². The number of piperidine rings is 1. The Labute approximate surface area is 228 Å². The van der Waals surface area contributed by atoms with Gasteiger partial charge in [0.25, 0.3) is 5.91 Å². The van der Waals surface area contributed by atoms with Crippen LogP contribution in [-0.2, 0) is 11.2 Å². The van der Waals surface area contributed by atoms with E-state index in [4.69, 9.17) is 14.0 Å². The van der Waals surface area contributed by atoms with Gasteiger partial charge < -0.3 is 24.2 Å². The molecule has 3 aromatic rings. The molecule has 10 nitrogen and oxygen atoms in total. The molecule has 1 N–H and O–H groups in total. The van der Waals surface area contributed by atoms with E-state index >= 15 is 0 Å². The molecule has 11 heteroatoms. The van der Waals surface area contributed by atoms with Crippen LogP contribution in [0.25, 0.3) is 11.4 Å². The molecule has 0 atom stereocenters. The Balaban J connectivity index is 1.16. The first-order chi connectivity index (χ1) is 18.9. The van der Waals surface area contributed by atoms with Gasteiger partial charge >= 0.3 is 0 Å². The van der Waals surface area contributed by atoms with Crippen LogP contribution in [0, 0.1) is 17.7 Å². The van der Waals surface area contributed by atoms with Crippen LogP contribution in [0.1, 0.15) is 55.8 Å². The van der Waals surface area contributed by atoms with E-state index in [9.17, 15) is 9.18 Å². The zero-order chi connectivity index (χ0) is 27.6. The number of hydrogen-bond donors (Lipinski definition) is 1. The number of nitrogens with zero attached hydrogens (tertiary/aromatic N) is 5. The summed E-state index contributed by atoms with van der Waals surface area (Å²) in [5, 5.41) is 6.66. The topological polar surface area (TPSA) is 116 Å². The highest BCUT2D eigenvalue weighted by Crippen LogP contribution is 2.25. The lowest BCUT2D eigenvalue weighted by Crippen LogP contribution is -2.34. The fourth-order valence-corrected chi connectivity index (χ4v) is 4.52. The third-order valence-corrected chi connectivity index (χ3v) is 6.65. The van der Waals surface area contributed by atoms with Crippen LogP contribution < -0.4 is 15.0 Å². The molecule has 1 saturated heterocycles. The van der Waals surface area contributed by atoms with Crippen molar-refractivity contribution < 1.29 is 23.2 Å². The van der Waals surface area contributed by atoms with Crippen LogP contribution in [0.3, 0.4) is 0 Å². The average molecular weight is 541 g/mol. The summed E-state index contributed by atoms with van der Waals surface area (Å²) in [4.78, 5) is 27.7. The molecule has 3 heterocycles. The molecule has 1 aliphatic heterocycles. The Morgan fingerprint density at radius 3 is 2.67 bits per heavy atom. The molecule has 0 spiro atoms. The molecule has 2 aromatic heterocycles. The summed E-state index contributed by atoms with van der Waals surface area (Å²) in [6.45, 7) is 7.20. The second-order valence-electron chi connectivity index (χ2n) is 10.2. The molecular weight excluding hydrogens is 503 g/mol. The summed E-state index contributed by atoms with van der Waals surface area (Å²) in [6, 6.07) is 4.34. The third kappa shape index (κ3) is 8.19. The molecule has 1 fully saturated rings. The van der Waals surface area contributed by atoms with Crippen molar-refractivity contribution in [3.63, 3.8) is 0 Å². The van der Waals surface area contributed by atoms with Crippen LogP contribution in [0.15, 0.2) is 35.1 Å². The number of benzene rings is 1. The summed E-state index contributed by atoms with van der Waals surface area (Å²) < 4.78 is 30.3. The van der Waals surface area contributed by atoms with Crippen LogP contribution >= 0.6 is 0 Å². The zero-order valence-electron chi connectivity index (χ0n) is 22.9. The minimum atomic E-state index is -0.599. The van der Waals surface area contributed by atoms with Gasteiger partial charge in [0.2, 0.25) is 17.7 Å². The van der Waals surface area contributed by atoms with Crippen molar-refractivity contribution in [3.05, 3.63) is 47.9 Å². The summed E-state index contributed by atoms with van der Waals surface area (Å²) >= 11 is 0. The van der Waals surface area contributed by atoms with Gasteiger partial charge in [-0.1, -0.05) is 19.0 Å². The molecule has 0 bridgehead atoms. The predicted octanol–water partition coefficient (Wildman–Crippen LogP) is 4.32. The number of hydrogen-bond acceptors (Lipinski definition) is 9. The lowest BCUT2D eigenvalue weighted by atomic mass is 9.92. The predicted molar refractivity (Wildman–Crippen MR) is 144 cm³/mol. The number of halogens is 1. The first kappa shape index (κ1) is 28.4. The van der Waals surface area contributed by atoms with E-state index in [0.717, 1.165) is 50.8 Å². The van der Waals surface area contributed by atoms with Crippen molar-refractivity contribution in [2.75, 3.05) is 44.9 Å². The molecule has 4 rings (SSSR count). The van der Waals surface area contributed by atoms with Crippen LogP contribution in [0.5, 0.6) is 5.75 Å². The number of carbonyl (C=O) groups excluding carboxylic acids is 1. The first-order valence-corrected chi connectivity index (χ1v) is 13.5. The highest BCUT2D eigenvalue weighted by Gasteiger charge is 2.21. The molecule has 39 heavy (non-hydrogen) atoms. The van der Waals surface area contributed by atoms with Crippen molar-refractivity contribution >= 4 is 11.9 Å². The van der Waals surface area contributed by atoms with E-state index in [1.165, 1.54) is 12.1 Å². The Morgan fingerprint density at radius 1 is 1.21 bits per heavy atom. The minimum absolute atomic E-state index is 0.00517. The van der Waals surface area contributed by atoms with Crippen LogP contribution in [0.2, 0.25) is 0 Å². The molecular formula is C28H37FN6O4. The van der Waals surface area contributed by atoms with Gasteiger partial charge in [0.05, 0.1) is 24.3 Å². The zero-order valence-corrected chi connectivity index (χ0v) is 22.9. The molecule has 0 radical (unpaired) electrons. The maximum absolute atomic E-state index is 14.3. The van der Waals surface area contributed by atoms with Crippen molar-refractivity contribution in [2.24, 2.45) is 11.8 Å². The fourth-order valence-electron chi connectivity index (χ4n) is 4.52. The molecule has 1 aromatic carbocycles. The van der Waals surface area contributed by atoms with Crippen LogP contribution in [-0.4, -0.2) is 66.0 Å². The Bertz CT molecular complexity index is 1200. The van der Waals surface area contributed by atoms with E-state index < -0.39 is 11.7 Å². The Morgan fingerprint density at radius 2 is 1.97 bits per heavy atom. The van der Waals surface area contributed by atoms with E-state index in [1.807, 2.05) is 0 Å². The number of methoxy groups -OCH3 is 1. The highest BCUT2D eigenvalue weighted by atomic mass is 19.1. The van der Waals surface area contributed by atoms with Gasteiger partial charge in [0, 0.05) is 51.6 Å². The van der Waals surface area contributed by atoms with Gasteiger partial charge in [-0.25, -0.2) is 14.4 Å². The summed E-state index contributed by atoms with van der Waals surface area (Å²) in [7, 11) is 1.54. The number of rotatable bonds is 13. The molecule has 0 aliphatic carbocycles. The van der Waals surface area contributed by atoms with Crippen molar-refractivity contribution in [3.8, 4) is 17.1 Å². The Kier molecular flexibility index (Phi) is 10.2. The highest BCUT2D eigenvalue weighted by molar-refractivity contribution is 5.94. The normalized spacial score (nSPS) is 14.1. The molecule has 1 aliphatic rings. The summed E-state index contributed by atoms with van der Waals surface area (Å²) in [5.41, 5.74) is 0.738. The van der Waals surface area contributed by atoms with E-state index in [-0.39, 0.29) is 5.56 Å². The standard InChI is InChI=1S/C28H37FN6O4/c1-19(2)15-25-33-26(34-39-25)21-17-31-28(32-18-21)35-11-8-20(9-12-35)5-4-13-38-22-6-7-23(24(29)16-22)27(36)30-10-14-37-3/h6-7,16-20H,4-5,8-15H2,1-3H3,(H,30,36). The SMILES string of the molecule is COCCNC(=O)c1ccc(OCCCC2CCN(c3ncc(-c4noc(CC(C)C)n4)cn3)CC2)cc1F. The number of nitrogens with one attached hydrogen (secondary N) is 1. The lowest BCUT2D eigenvalue weighted by molar-refractivity contribution is 0.0933. The van der Waals surface area contributed by atoms with Gasteiger partial charge in [-0.2, -0.15) is 4.98 Å². The van der Waals surface area contributed by atoms with Gasteiger partial charge in [0.15, 0.2) is 0 Å². The number of carbonyl (C=O) groups is 1. The van der Waals surface area contributed by atoms with Crippen LogP contribution in [0.4, 0.5) is 10.3 Å². The lowest BCUT2D eigenvalue weighted by Gasteiger charge is -2.32. The number of aromatic nitrogens is 4. The molecule has 210 valence electrons. The maximum atomic E-state index is 14.3. The van der Waals surface area contributed by atoms with Crippen molar-refractivity contribution in [1.82, 2.24) is 25.4 Å². The summed E-state index contributed by atoms with van der Waals surface area (Å²) in [5.74, 6) is 2.25. The monoisotopic (exact) mass is 540 g/mol. The average Bonchev–Trinajstić information content (AvgIpc) is 3.39. The Hall–Kier alpha value is -3.60. The number of anilines is 1. The molecule has 0 unspecified atom stereocenters. The molecule has 1 amide bonds. The van der Waals surface area contributed by atoms with E-state index in [2.05, 4.69) is 44.2 Å². The smallest absolute Gasteiger partial charge is 0.254 e. The third-order valence-electron chi connectivity index (χ3n) is 6.65. The second kappa shape index (κ2) is 14.0. The van der Waals surface area contributed by atoms with E-state index in [0.29, 0.717) is 55.0 Å². The minimum Gasteiger partial charge on any atom is -0.493 e. The van der Waals surface area contributed by atoms with E-state index in [1.54, 1.807) is 25.6 Å². The first-order valence-electron chi connectivity index (χ1n) is 13.5. The summed E-state index contributed by atoms with van der Waals surface area (Å²) in [6.07, 6.45) is 8.26. The number of ether oxygens (including phenoxy) is 2. The van der Waals surface area contributed by atoms with Crippen molar-refractivity contribution in [2.45, 2.75) is 46.0 Å². The van der Waals surface area contributed by atoms with Gasteiger partial charge in [-0.3, -0.25) is 4.79 Å². The van der Waals surface area contributed by atoms with Gasteiger partial charge in [-0.15, -0.1) is 0 Å². The number of amides is 1. The largest absolute Gasteiger partial charge is 0.493 e. The quantitative estimate of drug-likeness (QED) is 0.317. The van der Waals surface area contributed by atoms with Gasteiger partial charge in [0.1, 0.15) is 11.6 Å². The van der Waals surface area contributed by atoms with Gasteiger partial charge in [-0.05, 0) is 49.7 Å².